The predicted octanol–water partition coefficient (Wildman–Crippen LogP) is 1.08. The van der Waals surface area contributed by atoms with Crippen molar-refractivity contribution in [3.8, 4) is 0 Å². The number of hydrogen-bond acceptors (Lipinski definition) is 7. The number of rotatable bonds is 6. The Hall–Kier alpha value is -2.72. The maximum absolute atomic E-state index is 13.3. The summed E-state index contributed by atoms with van der Waals surface area (Å²) in [5.41, 5.74) is 14.9. The van der Waals surface area contributed by atoms with Crippen LogP contribution in [-0.2, 0) is 9.59 Å². The van der Waals surface area contributed by atoms with Crippen molar-refractivity contribution in [1.29, 1.82) is 0 Å². The number of fused-ring (bicyclic) bond motifs is 1. The average molecular weight is 457 g/mol. The van der Waals surface area contributed by atoms with Crippen LogP contribution in [0.1, 0.15) is 63.3 Å². The molecule has 2 unspecified atom stereocenters. The minimum atomic E-state index is -0.715. The summed E-state index contributed by atoms with van der Waals surface area (Å²) in [6.45, 7) is 7.94. The van der Waals surface area contributed by atoms with Crippen LogP contribution in [0.3, 0.4) is 0 Å². The van der Waals surface area contributed by atoms with Gasteiger partial charge in [0.15, 0.2) is 5.65 Å². The fraction of sp³-hybridized carbons (Fsp3) is 0.652. The molecule has 2 fully saturated rings. The first kappa shape index (κ1) is 23.4. The monoisotopic (exact) mass is 456 g/mol. The number of nitrogens with two attached hydrogens (primary N) is 2. The molecule has 2 aromatic heterocycles. The van der Waals surface area contributed by atoms with E-state index in [1.165, 1.54) is 0 Å². The van der Waals surface area contributed by atoms with Crippen molar-refractivity contribution in [2.24, 2.45) is 17.4 Å². The average Bonchev–Trinajstić information content (AvgIpc) is 3.42. The molecule has 33 heavy (non-hydrogen) atoms. The fourth-order valence-corrected chi connectivity index (χ4v) is 4.81. The highest BCUT2D eigenvalue weighted by molar-refractivity contribution is 5.81. The van der Waals surface area contributed by atoms with E-state index in [4.69, 9.17) is 21.5 Å². The Kier molecular flexibility index (Phi) is 6.85. The zero-order valence-corrected chi connectivity index (χ0v) is 19.8. The van der Waals surface area contributed by atoms with Crippen molar-refractivity contribution in [2.75, 3.05) is 24.5 Å². The van der Waals surface area contributed by atoms with Gasteiger partial charge < -0.3 is 26.6 Å². The second-order valence-electron chi connectivity index (χ2n) is 9.39. The molecule has 10 heteroatoms. The highest BCUT2D eigenvalue weighted by Gasteiger charge is 2.35. The van der Waals surface area contributed by atoms with E-state index in [1.54, 1.807) is 18.4 Å². The predicted molar refractivity (Wildman–Crippen MR) is 126 cm³/mol. The van der Waals surface area contributed by atoms with Gasteiger partial charge in [-0.1, -0.05) is 13.8 Å². The lowest BCUT2D eigenvalue weighted by molar-refractivity contribution is -0.140. The van der Waals surface area contributed by atoms with Crippen LogP contribution in [0.25, 0.3) is 5.65 Å². The Balaban J connectivity index is 1.57. The summed E-state index contributed by atoms with van der Waals surface area (Å²) < 4.78 is 1.80. The van der Waals surface area contributed by atoms with E-state index in [-0.39, 0.29) is 23.9 Å². The molecule has 4 atom stereocenters. The number of aromatic nitrogens is 3. The van der Waals surface area contributed by atoms with E-state index in [2.05, 4.69) is 10.2 Å². The summed E-state index contributed by atoms with van der Waals surface area (Å²) in [7, 11) is 0. The third kappa shape index (κ3) is 4.81. The summed E-state index contributed by atoms with van der Waals surface area (Å²) >= 11 is 0. The summed E-state index contributed by atoms with van der Waals surface area (Å²) in [5.74, 6) is 0.208. The van der Waals surface area contributed by atoms with Gasteiger partial charge in [0.1, 0.15) is 5.82 Å². The minimum Gasteiger partial charge on any atom is -0.355 e. The molecule has 5 N–H and O–H groups in total. The Morgan fingerprint density at radius 1 is 1.27 bits per heavy atom. The lowest BCUT2D eigenvalue weighted by atomic mass is 9.96. The summed E-state index contributed by atoms with van der Waals surface area (Å²) in [4.78, 5) is 34.1. The number of carbonyl (C=O) groups excluding carboxylic acids is 2. The molecule has 4 heterocycles. The van der Waals surface area contributed by atoms with Crippen LogP contribution in [0.15, 0.2) is 12.3 Å². The van der Waals surface area contributed by atoms with Crippen molar-refractivity contribution in [3.63, 3.8) is 0 Å². The van der Waals surface area contributed by atoms with Crippen LogP contribution in [0.4, 0.5) is 5.82 Å². The van der Waals surface area contributed by atoms with Crippen molar-refractivity contribution in [1.82, 2.24) is 24.8 Å². The molecule has 0 spiro atoms. The lowest BCUT2D eigenvalue weighted by Gasteiger charge is -2.37. The second kappa shape index (κ2) is 9.64. The first-order chi connectivity index (χ1) is 15.8. The van der Waals surface area contributed by atoms with Crippen LogP contribution < -0.4 is 21.7 Å². The van der Waals surface area contributed by atoms with E-state index < -0.39 is 12.1 Å². The summed E-state index contributed by atoms with van der Waals surface area (Å²) in [5, 5.41) is 7.51. The Morgan fingerprint density at radius 3 is 2.76 bits per heavy atom. The largest absolute Gasteiger partial charge is 0.355 e. The number of nitrogens with zero attached hydrogens (tertiary/aromatic N) is 5. The number of piperidine rings is 1. The molecule has 2 aromatic rings. The molecular formula is C23H36N8O2. The summed E-state index contributed by atoms with van der Waals surface area (Å²) in [6.07, 6.45) is 5.39. The first-order valence-electron chi connectivity index (χ1n) is 12.0. The molecule has 0 radical (unpaired) electrons. The van der Waals surface area contributed by atoms with E-state index in [1.807, 2.05) is 24.1 Å². The number of carbonyl (C=O) groups is 2. The number of nitrogens with one attached hydrogen (secondary N) is 1. The van der Waals surface area contributed by atoms with Gasteiger partial charge in [0.2, 0.25) is 11.8 Å². The van der Waals surface area contributed by atoms with Gasteiger partial charge in [-0.05, 0) is 32.6 Å². The molecule has 0 aromatic carbocycles. The van der Waals surface area contributed by atoms with Gasteiger partial charge in [-0.25, -0.2) is 9.50 Å². The van der Waals surface area contributed by atoms with E-state index >= 15 is 0 Å². The maximum atomic E-state index is 13.3. The highest BCUT2D eigenvalue weighted by atomic mass is 16.2. The molecule has 2 saturated heterocycles. The lowest BCUT2D eigenvalue weighted by Crippen LogP contribution is -2.52. The van der Waals surface area contributed by atoms with Crippen molar-refractivity contribution in [2.45, 2.75) is 71.1 Å². The molecule has 180 valence electrons. The molecule has 0 bridgehead atoms. The van der Waals surface area contributed by atoms with Crippen LogP contribution in [0.5, 0.6) is 0 Å². The number of likely N-dealkylation sites (tertiary alicyclic amines) is 1. The van der Waals surface area contributed by atoms with E-state index in [0.717, 1.165) is 61.5 Å². The van der Waals surface area contributed by atoms with Crippen LogP contribution in [0, 0.1) is 12.8 Å². The number of aryl methyl sites for hydroxylation is 1. The van der Waals surface area contributed by atoms with Gasteiger partial charge in [-0.3, -0.25) is 9.59 Å². The smallest absolute Gasteiger partial charge is 0.229 e. The standard InChI is InChI=1S/C23H36N8O2/c1-4-20(32)27-21(25)15(3)23(33)30-9-6-5-7-18(30)17-11-19-26-22(14(2)12-31(19)28-17)29-10-8-16(24)13-29/h11-12,15-16,18,21H,4-10,13,24-25H2,1-3H3,(H,27,32)/t15?,16-,18-,21?/m0/s1. The number of amides is 2. The van der Waals surface area contributed by atoms with Crippen LogP contribution in [0.2, 0.25) is 0 Å². The fourth-order valence-electron chi connectivity index (χ4n) is 4.81. The second-order valence-corrected chi connectivity index (χ2v) is 9.39. The van der Waals surface area contributed by atoms with Gasteiger partial charge in [0, 0.05) is 49.9 Å². The molecule has 10 nitrogen and oxygen atoms in total. The number of hydrogen-bond donors (Lipinski definition) is 3. The highest BCUT2D eigenvalue weighted by Crippen LogP contribution is 2.32. The third-order valence-corrected chi connectivity index (χ3v) is 6.85. The van der Waals surface area contributed by atoms with Gasteiger partial charge >= 0.3 is 0 Å². The van der Waals surface area contributed by atoms with E-state index in [0.29, 0.717) is 13.0 Å². The first-order valence-corrected chi connectivity index (χ1v) is 12.0. The van der Waals surface area contributed by atoms with Gasteiger partial charge in [0.25, 0.3) is 0 Å². The zero-order valence-electron chi connectivity index (χ0n) is 19.8. The maximum Gasteiger partial charge on any atom is 0.229 e. The third-order valence-electron chi connectivity index (χ3n) is 6.85. The van der Waals surface area contributed by atoms with Crippen molar-refractivity contribution >= 4 is 23.3 Å². The Bertz CT molecular complexity index is 1020. The molecule has 4 rings (SSSR count). The van der Waals surface area contributed by atoms with Crippen molar-refractivity contribution < 1.29 is 9.59 Å². The Morgan fingerprint density at radius 2 is 2.06 bits per heavy atom. The molecule has 0 aliphatic carbocycles. The molecule has 2 aliphatic rings. The van der Waals surface area contributed by atoms with Gasteiger partial charge in [0.05, 0.1) is 23.8 Å². The topological polar surface area (TPSA) is 135 Å². The zero-order chi connectivity index (χ0) is 23.7. The molecule has 2 amide bonds. The van der Waals surface area contributed by atoms with Crippen LogP contribution >= 0.6 is 0 Å². The van der Waals surface area contributed by atoms with Crippen molar-refractivity contribution in [3.05, 3.63) is 23.5 Å². The Labute approximate surface area is 194 Å². The van der Waals surface area contributed by atoms with Crippen LogP contribution in [-0.4, -0.2) is 63.2 Å². The quantitative estimate of drug-likeness (QED) is 0.554. The minimum absolute atomic E-state index is 0.0588. The van der Waals surface area contributed by atoms with E-state index in [9.17, 15) is 9.59 Å². The molecule has 0 saturated carbocycles. The number of anilines is 1. The molecular weight excluding hydrogens is 420 g/mol. The van der Waals surface area contributed by atoms with Gasteiger partial charge in [-0.15, -0.1) is 0 Å². The normalized spacial score (nSPS) is 23.1. The SMILES string of the molecule is CCC(=O)NC(N)C(C)C(=O)N1CCCC[C@H]1c1cc2nc(N3CC[C@H](N)C3)c(C)cn2n1. The summed E-state index contributed by atoms with van der Waals surface area (Å²) in [6, 6.07) is 2.03. The van der Waals surface area contributed by atoms with Gasteiger partial charge in [-0.2, -0.15) is 5.10 Å². The molecule has 2 aliphatic heterocycles.